The number of rotatable bonds is 6. The number of carbonyl (C=O) groups excluding carboxylic acids is 4. The summed E-state index contributed by atoms with van der Waals surface area (Å²) in [6, 6.07) is 14.8. The number of hydrogen-bond donors (Lipinski definition) is 4. The molecule has 0 saturated carbocycles. The van der Waals surface area contributed by atoms with Crippen molar-refractivity contribution in [3.63, 3.8) is 0 Å². The lowest BCUT2D eigenvalue weighted by Crippen LogP contribution is -2.34. The van der Waals surface area contributed by atoms with E-state index in [1.54, 1.807) is 42.5 Å². The SMILES string of the molecule is Cc1ccc(NC(=O)C(=O)N/N=C/c2ccc(CNC(=O)C(=O)Nc3cccc(Cl)c3)o2)cc1C. The van der Waals surface area contributed by atoms with Crippen LogP contribution in [0.3, 0.4) is 0 Å². The molecule has 180 valence electrons. The molecule has 0 aliphatic rings. The molecule has 1 aromatic heterocycles. The van der Waals surface area contributed by atoms with Gasteiger partial charge in [0, 0.05) is 16.4 Å². The molecule has 35 heavy (non-hydrogen) atoms. The summed E-state index contributed by atoms with van der Waals surface area (Å²) >= 11 is 5.85. The minimum atomic E-state index is -0.954. The van der Waals surface area contributed by atoms with Gasteiger partial charge in [0.15, 0.2) is 0 Å². The lowest BCUT2D eigenvalue weighted by atomic mass is 10.1. The number of nitrogens with zero attached hydrogens (tertiary/aromatic N) is 1. The first-order chi connectivity index (χ1) is 16.7. The topological polar surface area (TPSA) is 142 Å². The van der Waals surface area contributed by atoms with Gasteiger partial charge in [-0.15, -0.1) is 0 Å². The second-order valence-electron chi connectivity index (χ2n) is 7.40. The maximum Gasteiger partial charge on any atom is 0.329 e. The summed E-state index contributed by atoms with van der Waals surface area (Å²) in [6.45, 7) is 3.78. The fourth-order valence-electron chi connectivity index (χ4n) is 2.77. The predicted molar refractivity (Wildman–Crippen MR) is 131 cm³/mol. The normalized spacial score (nSPS) is 10.6. The Kier molecular flexibility index (Phi) is 8.36. The van der Waals surface area contributed by atoms with Gasteiger partial charge in [-0.25, -0.2) is 5.43 Å². The van der Waals surface area contributed by atoms with E-state index in [0.29, 0.717) is 22.2 Å². The van der Waals surface area contributed by atoms with Crippen molar-refractivity contribution in [3.05, 3.63) is 82.3 Å². The zero-order valence-electron chi connectivity index (χ0n) is 18.8. The predicted octanol–water partition coefficient (Wildman–Crippen LogP) is 2.89. The molecule has 0 spiro atoms. The van der Waals surface area contributed by atoms with Crippen molar-refractivity contribution in [2.24, 2.45) is 5.10 Å². The summed E-state index contributed by atoms with van der Waals surface area (Å²) in [4.78, 5) is 47.9. The Labute approximate surface area is 205 Å². The maximum absolute atomic E-state index is 12.0. The molecule has 0 aliphatic heterocycles. The Morgan fingerprint density at radius 3 is 2.29 bits per heavy atom. The minimum Gasteiger partial charge on any atom is -0.458 e. The van der Waals surface area contributed by atoms with E-state index in [9.17, 15) is 19.2 Å². The molecule has 0 unspecified atom stereocenters. The fourth-order valence-corrected chi connectivity index (χ4v) is 2.96. The summed E-state index contributed by atoms with van der Waals surface area (Å²) in [5.74, 6) is -2.95. The van der Waals surface area contributed by atoms with Gasteiger partial charge < -0.3 is 20.4 Å². The van der Waals surface area contributed by atoms with E-state index in [0.717, 1.165) is 11.1 Å². The van der Waals surface area contributed by atoms with Crippen LogP contribution in [0, 0.1) is 13.8 Å². The third-order valence-electron chi connectivity index (χ3n) is 4.72. The number of halogens is 1. The highest BCUT2D eigenvalue weighted by Gasteiger charge is 2.15. The number of aryl methyl sites for hydroxylation is 2. The average molecular weight is 496 g/mol. The standard InChI is InChI=1S/C24H22ClN5O5/c1-14-6-7-18(10-15(14)2)29-23(33)24(34)30-27-13-20-9-8-19(35-20)12-26-21(31)22(32)28-17-5-3-4-16(25)11-17/h3-11,13H,12H2,1-2H3,(H,26,31)(H,28,32)(H,29,33)(H,30,34)/b27-13+. The lowest BCUT2D eigenvalue weighted by molar-refractivity contribution is -0.136. The largest absolute Gasteiger partial charge is 0.458 e. The number of furan rings is 1. The van der Waals surface area contributed by atoms with Crippen molar-refractivity contribution in [2.75, 3.05) is 10.6 Å². The van der Waals surface area contributed by atoms with Crippen molar-refractivity contribution in [1.82, 2.24) is 10.7 Å². The summed E-state index contributed by atoms with van der Waals surface area (Å²) in [5, 5.41) is 11.5. The van der Waals surface area contributed by atoms with Crippen LogP contribution < -0.4 is 21.4 Å². The van der Waals surface area contributed by atoms with Crippen molar-refractivity contribution in [2.45, 2.75) is 20.4 Å². The summed E-state index contributed by atoms with van der Waals surface area (Å²) in [6.07, 6.45) is 1.19. The van der Waals surface area contributed by atoms with E-state index >= 15 is 0 Å². The Morgan fingerprint density at radius 2 is 1.57 bits per heavy atom. The number of nitrogens with one attached hydrogen (secondary N) is 4. The Balaban J connectivity index is 1.44. The molecule has 0 radical (unpaired) electrons. The van der Waals surface area contributed by atoms with Crippen LogP contribution in [-0.4, -0.2) is 29.8 Å². The van der Waals surface area contributed by atoms with Gasteiger partial charge in [-0.3, -0.25) is 19.2 Å². The van der Waals surface area contributed by atoms with E-state index in [-0.39, 0.29) is 12.3 Å². The molecule has 0 saturated heterocycles. The van der Waals surface area contributed by atoms with E-state index in [1.807, 2.05) is 19.9 Å². The van der Waals surface area contributed by atoms with Crippen molar-refractivity contribution in [3.8, 4) is 0 Å². The Hall–Kier alpha value is -4.44. The third kappa shape index (κ3) is 7.54. The van der Waals surface area contributed by atoms with Crippen LogP contribution in [0.15, 0.2) is 64.1 Å². The van der Waals surface area contributed by atoms with Gasteiger partial charge in [-0.05, 0) is 67.4 Å². The molecular formula is C24H22ClN5O5. The van der Waals surface area contributed by atoms with Gasteiger partial charge in [-0.2, -0.15) is 5.10 Å². The first-order valence-electron chi connectivity index (χ1n) is 10.4. The highest BCUT2D eigenvalue weighted by Crippen LogP contribution is 2.15. The van der Waals surface area contributed by atoms with E-state index in [1.165, 1.54) is 12.3 Å². The van der Waals surface area contributed by atoms with Crippen molar-refractivity contribution in [1.29, 1.82) is 0 Å². The summed E-state index contributed by atoms with van der Waals surface area (Å²) in [7, 11) is 0. The summed E-state index contributed by atoms with van der Waals surface area (Å²) in [5.41, 5.74) is 5.03. The highest BCUT2D eigenvalue weighted by molar-refractivity contribution is 6.40. The number of benzene rings is 2. The van der Waals surface area contributed by atoms with Gasteiger partial charge in [-0.1, -0.05) is 23.7 Å². The lowest BCUT2D eigenvalue weighted by Gasteiger charge is -2.06. The van der Waals surface area contributed by atoms with E-state index < -0.39 is 23.6 Å². The van der Waals surface area contributed by atoms with Crippen LogP contribution in [-0.2, 0) is 25.7 Å². The van der Waals surface area contributed by atoms with Crippen LogP contribution in [0.1, 0.15) is 22.6 Å². The summed E-state index contributed by atoms with van der Waals surface area (Å²) < 4.78 is 5.45. The fraction of sp³-hybridized carbons (Fsp3) is 0.125. The van der Waals surface area contributed by atoms with E-state index in [4.69, 9.17) is 16.0 Å². The number of hydrogen-bond acceptors (Lipinski definition) is 6. The number of hydrazone groups is 1. The van der Waals surface area contributed by atoms with Crippen molar-refractivity contribution >= 4 is 52.8 Å². The van der Waals surface area contributed by atoms with Crippen LogP contribution in [0.25, 0.3) is 0 Å². The van der Waals surface area contributed by atoms with Crippen LogP contribution in [0.2, 0.25) is 5.02 Å². The number of carbonyl (C=O) groups is 4. The second kappa shape index (κ2) is 11.6. The highest BCUT2D eigenvalue weighted by atomic mass is 35.5. The second-order valence-corrected chi connectivity index (χ2v) is 7.84. The van der Waals surface area contributed by atoms with Crippen molar-refractivity contribution < 1.29 is 23.6 Å². The molecule has 4 amide bonds. The van der Waals surface area contributed by atoms with Crippen LogP contribution in [0.5, 0.6) is 0 Å². The molecule has 3 aromatic rings. The minimum absolute atomic E-state index is 0.0552. The zero-order chi connectivity index (χ0) is 25.4. The Bertz CT molecular complexity index is 1300. The molecule has 10 nitrogen and oxygen atoms in total. The van der Waals surface area contributed by atoms with Gasteiger partial charge in [0.2, 0.25) is 0 Å². The monoisotopic (exact) mass is 495 g/mol. The first kappa shape index (κ1) is 25.2. The molecular weight excluding hydrogens is 474 g/mol. The molecule has 2 aromatic carbocycles. The molecule has 4 N–H and O–H groups in total. The average Bonchev–Trinajstić information content (AvgIpc) is 3.27. The third-order valence-corrected chi connectivity index (χ3v) is 4.96. The number of anilines is 2. The quantitative estimate of drug-likeness (QED) is 0.236. The smallest absolute Gasteiger partial charge is 0.329 e. The molecule has 11 heteroatoms. The van der Waals surface area contributed by atoms with Crippen LogP contribution in [0.4, 0.5) is 11.4 Å². The van der Waals surface area contributed by atoms with Gasteiger partial charge in [0.1, 0.15) is 11.5 Å². The molecule has 0 aliphatic carbocycles. The van der Waals surface area contributed by atoms with Gasteiger partial charge in [0.05, 0.1) is 12.8 Å². The first-order valence-corrected chi connectivity index (χ1v) is 10.7. The number of amides is 4. The molecule has 0 fully saturated rings. The molecule has 0 atom stereocenters. The zero-order valence-corrected chi connectivity index (χ0v) is 19.6. The van der Waals surface area contributed by atoms with Crippen LogP contribution >= 0.6 is 11.6 Å². The molecule has 0 bridgehead atoms. The maximum atomic E-state index is 12.0. The Morgan fingerprint density at radius 1 is 0.857 bits per heavy atom. The van der Waals surface area contributed by atoms with Gasteiger partial charge >= 0.3 is 23.6 Å². The van der Waals surface area contributed by atoms with Gasteiger partial charge in [0.25, 0.3) is 0 Å². The molecule has 1 heterocycles. The van der Waals surface area contributed by atoms with E-state index in [2.05, 4.69) is 26.5 Å². The molecule has 3 rings (SSSR count).